The van der Waals surface area contributed by atoms with Gasteiger partial charge in [0.15, 0.2) is 0 Å². The van der Waals surface area contributed by atoms with Gasteiger partial charge in [-0.15, -0.1) is 10.2 Å². The number of anilines is 1. The van der Waals surface area contributed by atoms with Gasteiger partial charge in [-0.3, -0.25) is 0 Å². The van der Waals surface area contributed by atoms with E-state index in [0.29, 0.717) is 12.4 Å². The van der Waals surface area contributed by atoms with Crippen LogP contribution in [0.15, 0.2) is 29.4 Å². The Balaban J connectivity index is 1.78. The van der Waals surface area contributed by atoms with Gasteiger partial charge in [0, 0.05) is 18.8 Å². The van der Waals surface area contributed by atoms with Crippen LogP contribution in [0.4, 0.5) is 5.69 Å². The van der Waals surface area contributed by atoms with Crippen molar-refractivity contribution in [1.29, 1.82) is 0 Å². The fourth-order valence-corrected chi connectivity index (χ4v) is 3.40. The van der Waals surface area contributed by atoms with Gasteiger partial charge >= 0.3 is 0 Å². The van der Waals surface area contributed by atoms with E-state index in [-0.39, 0.29) is 11.4 Å². The third-order valence-corrected chi connectivity index (χ3v) is 4.95. The Morgan fingerprint density at radius 1 is 1.43 bits per heavy atom. The van der Waals surface area contributed by atoms with Crippen molar-refractivity contribution >= 4 is 15.7 Å². The molecule has 2 N–H and O–H groups in total. The monoisotopic (exact) mass is 307 g/mol. The maximum Gasteiger partial charge on any atom is 0.240 e. The molecule has 0 unspecified atom stereocenters. The Labute approximate surface area is 123 Å². The first-order chi connectivity index (χ1) is 10.1. The molecule has 112 valence electrons. The van der Waals surface area contributed by atoms with Crippen LogP contribution in [0.3, 0.4) is 0 Å². The quantitative estimate of drug-likeness (QED) is 0.850. The van der Waals surface area contributed by atoms with Crippen LogP contribution in [0.1, 0.15) is 18.3 Å². The van der Waals surface area contributed by atoms with Crippen molar-refractivity contribution in [1.82, 2.24) is 19.5 Å². The molecule has 2 heterocycles. The molecule has 0 atom stereocenters. The molecule has 0 saturated heterocycles. The van der Waals surface area contributed by atoms with Gasteiger partial charge in [0.2, 0.25) is 10.0 Å². The number of aromatic nitrogens is 3. The van der Waals surface area contributed by atoms with Crippen molar-refractivity contribution in [3.05, 3.63) is 35.9 Å². The molecule has 0 amide bonds. The highest BCUT2D eigenvalue weighted by atomic mass is 32.2. The van der Waals surface area contributed by atoms with Gasteiger partial charge in [0.1, 0.15) is 12.2 Å². The van der Waals surface area contributed by atoms with Crippen molar-refractivity contribution in [3.8, 4) is 0 Å². The average Bonchev–Trinajstić information content (AvgIpc) is 3.12. The Morgan fingerprint density at radius 3 is 3.10 bits per heavy atom. The molecule has 0 bridgehead atoms. The van der Waals surface area contributed by atoms with Crippen LogP contribution >= 0.6 is 0 Å². The number of hydrogen-bond acceptors (Lipinski definition) is 5. The molecule has 1 aliphatic heterocycles. The molecule has 8 heteroatoms. The van der Waals surface area contributed by atoms with E-state index in [1.165, 1.54) is 0 Å². The number of aryl methyl sites for hydroxylation is 1. The smallest absolute Gasteiger partial charge is 0.240 e. The minimum absolute atomic E-state index is 0.130. The van der Waals surface area contributed by atoms with Crippen molar-refractivity contribution in [2.24, 2.45) is 0 Å². The summed E-state index contributed by atoms with van der Waals surface area (Å²) in [6.07, 6.45) is 2.44. The zero-order valence-corrected chi connectivity index (χ0v) is 12.5. The second-order valence-corrected chi connectivity index (χ2v) is 6.62. The summed E-state index contributed by atoms with van der Waals surface area (Å²) in [5, 5.41) is 10.9. The zero-order chi connectivity index (χ0) is 14.9. The largest absolute Gasteiger partial charge is 0.384 e. The Hall–Kier alpha value is -1.93. The number of rotatable bonds is 5. The van der Waals surface area contributed by atoms with E-state index in [9.17, 15) is 8.42 Å². The second-order valence-electron chi connectivity index (χ2n) is 4.85. The van der Waals surface area contributed by atoms with E-state index in [1.807, 2.05) is 13.0 Å². The number of fused-ring (bicyclic) bond motifs is 1. The van der Waals surface area contributed by atoms with Crippen molar-refractivity contribution in [2.45, 2.75) is 31.3 Å². The van der Waals surface area contributed by atoms with Crippen LogP contribution in [0, 0.1) is 0 Å². The normalized spacial score (nSPS) is 14.0. The Morgan fingerprint density at radius 2 is 2.29 bits per heavy atom. The average molecular weight is 307 g/mol. The van der Waals surface area contributed by atoms with E-state index in [1.54, 1.807) is 23.0 Å². The van der Waals surface area contributed by atoms with Crippen LogP contribution in [0.2, 0.25) is 0 Å². The first-order valence-electron chi connectivity index (χ1n) is 6.83. The number of sulfonamides is 1. The van der Waals surface area contributed by atoms with E-state index >= 15 is 0 Å². The summed E-state index contributed by atoms with van der Waals surface area (Å²) in [4.78, 5) is 0.285. The molecule has 7 nitrogen and oxygen atoms in total. The summed E-state index contributed by atoms with van der Waals surface area (Å²) in [6, 6.07) is 5.15. The molecule has 1 aromatic heterocycles. The third kappa shape index (κ3) is 2.77. The van der Waals surface area contributed by atoms with Crippen molar-refractivity contribution in [3.63, 3.8) is 0 Å². The first kappa shape index (κ1) is 14.0. The lowest BCUT2D eigenvalue weighted by Gasteiger charge is -2.08. The van der Waals surface area contributed by atoms with E-state index in [4.69, 9.17) is 0 Å². The second kappa shape index (κ2) is 5.45. The van der Waals surface area contributed by atoms with Gasteiger partial charge in [-0.1, -0.05) is 0 Å². The highest BCUT2D eigenvalue weighted by Crippen LogP contribution is 2.24. The van der Waals surface area contributed by atoms with Crippen LogP contribution in [0.5, 0.6) is 0 Å². The number of benzene rings is 1. The van der Waals surface area contributed by atoms with Crippen LogP contribution in [-0.2, 0) is 29.5 Å². The van der Waals surface area contributed by atoms with Crippen LogP contribution in [-0.4, -0.2) is 29.7 Å². The number of nitrogens with zero attached hydrogens (tertiary/aromatic N) is 3. The molecule has 3 rings (SSSR count). The maximum atomic E-state index is 12.3. The number of nitrogens with one attached hydrogen (secondary N) is 2. The summed E-state index contributed by atoms with van der Waals surface area (Å²) >= 11 is 0. The number of hydrogen-bond donors (Lipinski definition) is 2. The SMILES string of the molecule is CCn1cnnc1CNS(=O)(=O)c1ccc2c(c1)CCN2. The lowest BCUT2D eigenvalue weighted by molar-refractivity contribution is 0.575. The minimum Gasteiger partial charge on any atom is -0.384 e. The van der Waals surface area contributed by atoms with Gasteiger partial charge in [0.05, 0.1) is 11.4 Å². The van der Waals surface area contributed by atoms with Gasteiger partial charge in [0.25, 0.3) is 0 Å². The Bertz CT molecular complexity index is 754. The van der Waals surface area contributed by atoms with E-state index in [2.05, 4.69) is 20.2 Å². The zero-order valence-electron chi connectivity index (χ0n) is 11.7. The van der Waals surface area contributed by atoms with Gasteiger partial charge in [-0.05, 0) is 37.1 Å². The molecule has 0 fully saturated rings. The highest BCUT2D eigenvalue weighted by Gasteiger charge is 2.18. The van der Waals surface area contributed by atoms with Crippen LogP contribution in [0.25, 0.3) is 0 Å². The fourth-order valence-electron chi connectivity index (χ4n) is 2.37. The molecule has 0 radical (unpaired) electrons. The Kier molecular flexibility index (Phi) is 3.64. The molecule has 1 aliphatic rings. The summed E-state index contributed by atoms with van der Waals surface area (Å²) in [6.45, 7) is 3.64. The maximum absolute atomic E-state index is 12.3. The predicted molar refractivity (Wildman–Crippen MR) is 78.4 cm³/mol. The molecular weight excluding hydrogens is 290 g/mol. The van der Waals surface area contributed by atoms with Gasteiger partial charge in [-0.2, -0.15) is 0 Å². The summed E-state index contributed by atoms with van der Waals surface area (Å²) < 4.78 is 29.0. The predicted octanol–water partition coefficient (Wildman–Crippen LogP) is 0.745. The molecule has 0 aliphatic carbocycles. The van der Waals surface area contributed by atoms with Crippen molar-refractivity contribution < 1.29 is 8.42 Å². The molecule has 0 spiro atoms. The topological polar surface area (TPSA) is 88.9 Å². The fraction of sp³-hybridized carbons (Fsp3) is 0.385. The molecule has 2 aromatic rings. The minimum atomic E-state index is -3.54. The molecule has 0 saturated carbocycles. The summed E-state index contributed by atoms with van der Waals surface area (Å²) in [5.41, 5.74) is 2.05. The molecule has 1 aromatic carbocycles. The van der Waals surface area contributed by atoms with Crippen molar-refractivity contribution in [2.75, 3.05) is 11.9 Å². The van der Waals surface area contributed by atoms with E-state index < -0.39 is 10.0 Å². The molecule has 21 heavy (non-hydrogen) atoms. The van der Waals surface area contributed by atoms with Crippen LogP contribution < -0.4 is 10.0 Å². The summed E-state index contributed by atoms with van der Waals surface area (Å²) in [5.74, 6) is 0.601. The lowest BCUT2D eigenvalue weighted by atomic mass is 10.2. The first-order valence-corrected chi connectivity index (χ1v) is 8.31. The lowest BCUT2D eigenvalue weighted by Crippen LogP contribution is -2.25. The molecular formula is C13H17N5O2S. The van der Waals surface area contributed by atoms with E-state index in [0.717, 1.165) is 24.2 Å². The standard InChI is InChI=1S/C13H17N5O2S/c1-2-18-9-15-17-13(18)8-16-21(19,20)11-3-4-12-10(7-11)5-6-14-12/h3-4,7,9,14,16H,2,5-6,8H2,1H3. The third-order valence-electron chi connectivity index (χ3n) is 3.55. The van der Waals surface area contributed by atoms with Gasteiger partial charge < -0.3 is 9.88 Å². The van der Waals surface area contributed by atoms with Gasteiger partial charge in [-0.25, -0.2) is 13.1 Å². The highest BCUT2D eigenvalue weighted by molar-refractivity contribution is 7.89. The summed E-state index contributed by atoms with van der Waals surface area (Å²) in [7, 11) is -3.54.